The highest BCUT2D eigenvalue weighted by atomic mass is 35.5. The van der Waals surface area contributed by atoms with E-state index in [4.69, 9.17) is 21.1 Å². The fourth-order valence-corrected chi connectivity index (χ4v) is 3.53. The average molecular weight is 463 g/mol. The van der Waals surface area contributed by atoms with Crippen molar-refractivity contribution in [2.45, 2.75) is 24.9 Å². The zero-order chi connectivity index (χ0) is 23.5. The van der Waals surface area contributed by atoms with Crippen LogP contribution in [0.25, 0.3) is 0 Å². The molecule has 1 aromatic heterocycles. The number of phenolic OH excluding ortho intramolecular Hbond substituents is 1. The number of allylic oxidation sites excluding steroid dienone is 4. The Morgan fingerprint density at radius 2 is 2.00 bits per heavy atom. The van der Waals surface area contributed by atoms with Crippen molar-refractivity contribution in [3.05, 3.63) is 70.3 Å². The Hall–Kier alpha value is -3.10. The van der Waals surface area contributed by atoms with Gasteiger partial charge in [0.2, 0.25) is 0 Å². The molecule has 9 heteroatoms. The van der Waals surface area contributed by atoms with Crippen LogP contribution < -0.4 is 14.8 Å². The first-order valence-electron chi connectivity index (χ1n) is 9.81. The molecule has 0 spiro atoms. The number of hydrogen-bond donors (Lipinski definition) is 3. The number of rotatable bonds is 7. The van der Waals surface area contributed by atoms with E-state index in [0.717, 1.165) is 0 Å². The number of aliphatic hydroxyl groups is 1. The molecule has 1 amide bonds. The summed E-state index contributed by atoms with van der Waals surface area (Å²) in [4.78, 5) is 17.1. The van der Waals surface area contributed by atoms with E-state index < -0.39 is 17.3 Å². The van der Waals surface area contributed by atoms with Gasteiger partial charge >= 0.3 is 0 Å². The highest BCUT2D eigenvalue weighted by Gasteiger charge is 2.29. The van der Waals surface area contributed by atoms with Crippen LogP contribution in [0.1, 0.15) is 41.0 Å². The standard InChI is InChI=1S/C23H24ClFN2O5/c1-23(30,12-26-22(29)14-5-7-17(28)19(11-14)32-3)20-9-8-18(31-2)21(27-20)13-4-6-16(25)15(24)10-13/h4-9,11,13,28,30H,10,12H2,1-3H3,(H,26,29). The molecule has 0 fully saturated rings. The highest BCUT2D eigenvalue weighted by molar-refractivity contribution is 6.30. The number of halogens is 2. The van der Waals surface area contributed by atoms with Gasteiger partial charge in [0, 0.05) is 11.5 Å². The predicted octanol–water partition coefficient (Wildman–Crippen LogP) is 3.91. The Morgan fingerprint density at radius 1 is 1.28 bits per heavy atom. The van der Waals surface area contributed by atoms with E-state index in [-0.39, 0.29) is 41.0 Å². The van der Waals surface area contributed by atoms with Crippen molar-refractivity contribution in [3.8, 4) is 17.2 Å². The van der Waals surface area contributed by atoms with Gasteiger partial charge < -0.3 is 25.0 Å². The molecule has 1 aromatic carbocycles. The van der Waals surface area contributed by atoms with Crippen LogP contribution in [-0.2, 0) is 5.60 Å². The minimum absolute atomic E-state index is 0.0856. The average Bonchev–Trinajstić information content (AvgIpc) is 2.79. The van der Waals surface area contributed by atoms with E-state index in [9.17, 15) is 19.4 Å². The van der Waals surface area contributed by atoms with E-state index in [1.807, 2.05) is 0 Å². The molecule has 0 aliphatic heterocycles. The quantitative estimate of drug-likeness (QED) is 0.577. The largest absolute Gasteiger partial charge is 0.504 e. The van der Waals surface area contributed by atoms with Gasteiger partial charge in [0.05, 0.1) is 37.2 Å². The third kappa shape index (κ3) is 5.03. The summed E-state index contributed by atoms with van der Waals surface area (Å²) >= 11 is 5.97. The van der Waals surface area contributed by atoms with E-state index in [0.29, 0.717) is 17.1 Å². The number of carbonyl (C=O) groups is 1. The molecule has 3 rings (SSSR count). The van der Waals surface area contributed by atoms with E-state index >= 15 is 0 Å². The third-order valence-corrected chi connectivity index (χ3v) is 5.51. The van der Waals surface area contributed by atoms with E-state index in [2.05, 4.69) is 10.3 Å². The highest BCUT2D eigenvalue weighted by Crippen LogP contribution is 2.37. The summed E-state index contributed by atoms with van der Waals surface area (Å²) in [7, 11) is 2.88. The van der Waals surface area contributed by atoms with Crippen molar-refractivity contribution in [2.75, 3.05) is 20.8 Å². The molecule has 1 aliphatic rings. The summed E-state index contributed by atoms with van der Waals surface area (Å²) < 4.78 is 24.0. The smallest absolute Gasteiger partial charge is 0.251 e. The topological polar surface area (TPSA) is 101 Å². The summed E-state index contributed by atoms with van der Waals surface area (Å²) in [6.07, 6.45) is 3.15. The number of pyridine rings is 1. The zero-order valence-electron chi connectivity index (χ0n) is 17.9. The van der Waals surface area contributed by atoms with Gasteiger partial charge in [-0.3, -0.25) is 9.78 Å². The Labute approximate surface area is 190 Å². The van der Waals surface area contributed by atoms with Gasteiger partial charge in [0.15, 0.2) is 11.5 Å². The van der Waals surface area contributed by atoms with Crippen LogP contribution >= 0.6 is 11.6 Å². The second-order valence-electron chi connectivity index (χ2n) is 7.55. The molecule has 1 heterocycles. The lowest BCUT2D eigenvalue weighted by molar-refractivity contribution is 0.0486. The van der Waals surface area contributed by atoms with Crippen LogP contribution in [0.4, 0.5) is 4.39 Å². The number of methoxy groups -OCH3 is 2. The first kappa shape index (κ1) is 23.6. The number of amides is 1. The lowest BCUT2D eigenvalue weighted by atomic mass is 9.93. The van der Waals surface area contributed by atoms with Crippen LogP contribution in [0.5, 0.6) is 17.2 Å². The molecule has 0 saturated carbocycles. The molecule has 1 aliphatic carbocycles. The molecule has 7 nitrogen and oxygen atoms in total. The number of nitrogens with zero attached hydrogens (tertiary/aromatic N) is 1. The minimum atomic E-state index is -1.51. The molecule has 0 radical (unpaired) electrons. The minimum Gasteiger partial charge on any atom is -0.504 e. The number of ether oxygens (including phenoxy) is 2. The molecule has 2 unspecified atom stereocenters. The number of aromatic nitrogens is 1. The lowest BCUT2D eigenvalue weighted by Gasteiger charge is -2.26. The molecule has 0 bridgehead atoms. The van der Waals surface area contributed by atoms with Crippen LogP contribution in [0.15, 0.2) is 53.3 Å². The SMILES string of the molecule is COc1cc(C(=O)NCC(C)(O)c2ccc(OC)c(C3C=CC(F)=C(Cl)C3)n2)ccc1O. The van der Waals surface area contributed by atoms with Gasteiger partial charge in [0.1, 0.15) is 17.2 Å². The fourth-order valence-electron chi connectivity index (χ4n) is 3.30. The number of aromatic hydroxyl groups is 1. The van der Waals surface area contributed by atoms with Crippen molar-refractivity contribution in [1.29, 1.82) is 0 Å². The zero-order valence-corrected chi connectivity index (χ0v) is 18.6. The molecule has 2 atom stereocenters. The fraction of sp³-hybridized carbons (Fsp3) is 0.304. The molecule has 3 N–H and O–H groups in total. The molecule has 32 heavy (non-hydrogen) atoms. The number of carbonyl (C=O) groups excluding carboxylic acids is 1. The molecule has 2 aromatic rings. The van der Waals surface area contributed by atoms with Crippen molar-refractivity contribution in [2.24, 2.45) is 0 Å². The summed E-state index contributed by atoms with van der Waals surface area (Å²) in [5.41, 5.74) is -0.450. The Kier molecular flexibility index (Phi) is 7.06. The van der Waals surface area contributed by atoms with Gasteiger partial charge in [-0.25, -0.2) is 4.39 Å². The predicted molar refractivity (Wildman–Crippen MR) is 118 cm³/mol. The molecular weight excluding hydrogens is 439 g/mol. The van der Waals surface area contributed by atoms with Gasteiger partial charge in [-0.05, 0) is 49.8 Å². The lowest BCUT2D eigenvalue weighted by Crippen LogP contribution is -2.39. The molecule has 0 saturated heterocycles. The van der Waals surface area contributed by atoms with Crippen LogP contribution in [0.3, 0.4) is 0 Å². The van der Waals surface area contributed by atoms with E-state index in [1.165, 1.54) is 45.4 Å². The summed E-state index contributed by atoms with van der Waals surface area (Å²) in [6.45, 7) is 1.39. The summed E-state index contributed by atoms with van der Waals surface area (Å²) in [6, 6.07) is 7.45. The summed E-state index contributed by atoms with van der Waals surface area (Å²) in [5, 5.41) is 23.4. The van der Waals surface area contributed by atoms with Crippen molar-refractivity contribution < 1.29 is 28.9 Å². The maximum atomic E-state index is 13.6. The van der Waals surface area contributed by atoms with Crippen LogP contribution in [-0.4, -0.2) is 41.9 Å². The Morgan fingerprint density at radius 3 is 2.66 bits per heavy atom. The van der Waals surface area contributed by atoms with Crippen LogP contribution in [0, 0.1) is 0 Å². The van der Waals surface area contributed by atoms with Gasteiger partial charge in [0.25, 0.3) is 5.91 Å². The van der Waals surface area contributed by atoms with Crippen molar-refractivity contribution >= 4 is 17.5 Å². The molecular formula is C23H24ClFN2O5. The Bertz CT molecular complexity index is 1080. The number of hydrogen-bond acceptors (Lipinski definition) is 6. The van der Waals surface area contributed by atoms with Gasteiger partial charge in [-0.1, -0.05) is 17.7 Å². The second kappa shape index (κ2) is 9.58. The van der Waals surface area contributed by atoms with Crippen LogP contribution in [0.2, 0.25) is 0 Å². The number of phenols is 1. The number of nitrogens with one attached hydrogen (secondary N) is 1. The van der Waals surface area contributed by atoms with Gasteiger partial charge in [-0.15, -0.1) is 0 Å². The molecule has 170 valence electrons. The maximum Gasteiger partial charge on any atom is 0.251 e. The van der Waals surface area contributed by atoms with Crippen molar-refractivity contribution in [1.82, 2.24) is 10.3 Å². The second-order valence-corrected chi connectivity index (χ2v) is 8.01. The van der Waals surface area contributed by atoms with Crippen molar-refractivity contribution in [3.63, 3.8) is 0 Å². The Balaban J connectivity index is 1.79. The maximum absolute atomic E-state index is 13.6. The first-order valence-corrected chi connectivity index (χ1v) is 10.2. The normalized spacial score (nSPS) is 17.6. The summed E-state index contributed by atoms with van der Waals surface area (Å²) in [5.74, 6) is -0.718. The first-order chi connectivity index (χ1) is 15.2. The number of benzene rings is 1. The monoisotopic (exact) mass is 462 g/mol. The van der Waals surface area contributed by atoms with Gasteiger partial charge in [-0.2, -0.15) is 0 Å². The van der Waals surface area contributed by atoms with E-state index in [1.54, 1.807) is 18.2 Å². The third-order valence-electron chi connectivity index (χ3n) is 5.18.